The molecular weight excluding hydrogens is 326 g/mol. The fourth-order valence-electron chi connectivity index (χ4n) is 2.51. The number of nitrogens with one attached hydrogen (secondary N) is 2. The molecule has 1 aromatic heterocycles. The van der Waals surface area contributed by atoms with E-state index in [1.54, 1.807) is 24.3 Å². The number of aromatic nitrogens is 1. The van der Waals surface area contributed by atoms with Gasteiger partial charge in [-0.1, -0.05) is 36.4 Å². The summed E-state index contributed by atoms with van der Waals surface area (Å²) in [5.41, 5.74) is 3.77. The highest BCUT2D eigenvalue weighted by atomic mass is 16.2. The number of carbonyl (C=O) groups excluding carboxylic acids is 2. The lowest BCUT2D eigenvalue weighted by atomic mass is 10.2. The van der Waals surface area contributed by atoms with E-state index >= 15 is 0 Å². The second-order valence-corrected chi connectivity index (χ2v) is 6.00. The number of para-hydroxylation sites is 1. The third-order valence-electron chi connectivity index (χ3n) is 3.88. The summed E-state index contributed by atoms with van der Waals surface area (Å²) in [4.78, 5) is 29.0. The van der Waals surface area contributed by atoms with Gasteiger partial charge in [-0.05, 0) is 55.3 Å². The first kappa shape index (κ1) is 17.4. The lowest BCUT2D eigenvalue weighted by Gasteiger charge is -2.09. The summed E-state index contributed by atoms with van der Waals surface area (Å²) in [6.07, 6.45) is 0. The fraction of sp³-hybridized carbons (Fsp3) is 0.0952. The van der Waals surface area contributed by atoms with Crippen molar-refractivity contribution >= 4 is 23.2 Å². The second kappa shape index (κ2) is 7.61. The third kappa shape index (κ3) is 4.13. The zero-order valence-electron chi connectivity index (χ0n) is 14.6. The molecule has 0 fully saturated rings. The molecule has 2 N–H and O–H groups in total. The number of hydrogen-bond donors (Lipinski definition) is 2. The lowest BCUT2D eigenvalue weighted by Crippen LogP contribution is -2.18. The summed E-state index contributed by atoms with van der Waals surface area (Å²) in [6, 6.07) is 19.8. The van der Waals surface area contributed by atoms with Crippen LogP contribution >= 0.6 is 0 Å². The highest BCUT2D eigenvalue weighted by molar-refractivity contribution is 6.06. The zero-order valence-corrected chi connectivity index (χ0v) is 14.6. The van der Waals surface area contributed by atoms with Crippen LogP contribution in [0.4, 0.5) is 11.4 Å². The van der Waals surface area contributed by atoms with Gasteiger partial charge in [0, 0.05) is 11.4 Å². The van der Waals surface area contributed by atoms with Crippen molar-refractivity contribution in [1.29, 1.82) is 0 Å². The van der Waals surface area contributed by atoms with Gasteiger partial charge in [0.05, 0.1) is 0 Å². The van der Waals surface area contributed by atoms with Crippen LogP contribution in [0, 0.1) is 13.8 Å². The maximum Gasteiger partial charge on any atom is 0.274 e. The number of aryl methyl sites for hydroxylation is 2. The van der Waals surface area contributed by atoms with Crippen molar-refractivity contribution in [2.24, 2.45) is 0 Å². The molecule has 0 aliphatic heterocycles. The van der Waals surface area contributed by atoms with E-state index in [0.29, 0.717) is 11.4 Å². The van der Waals surface area contributed by atoms with Crippen LogP contribution in [-0.4, -0.2) is 16.8 Å². The van der Waals surface area contributed by atoms with Crippen LogP contribution in [0.3, 0.4) is 0 Å². The van der Waals surface area contributed by atoms with Crippen molar-refractivity contribution in [3.05, 3.63) is 89.2 Å². The maximum atomic E-state index is 12.4. The topological polar surface area (TPSA) is 71.1 Å². The molecule has 0 aliphatic carbocycles. The molecule has 5 nitrogen and oxygen atoms in total. The van der Waals surface area contributed by atoms with Gasteiger partial charge < -0.3 is 10.6 Å². The summed E-state index contributed by atoms with van der Waals surface area (Å²) in [5, 5.41) is 5.61. The first-order chi connectivity index (χ1) is 12.5. The zero-order chi connectivity index (χ0) is 18.5. The summed E-state index contributed by atoms with van der Waals surface area (Å²) >= 11 is 0. The minimum atomic E-state index is -0.360. The Kier molecular flexibility index (Phi) is 5.08. The Bertz CT molecular complexity index is 967. The van der Waals surface area contributed by atoms with Crippen LogP contribution in [0.5, 0.6) is 0 Å². The standard InChI is InChI=1S/C21H19N3O2/c1-14-7-5-9-16(13-14)22-20(25)18-11-6-12-19(23-18)21(26)24-17-10-4-3-8-15(17)2/h3-13H,1-2H3,(H,22,25)(H,24,26). The van der Waals surface area contributed by atoms with E-state index in [-0.39, 0.29) is 23.2 Å². The van der Waals surface area contributed by atoms with Crippen molar-refractivity contribution in [2.75, 3.05) is 10.6 Å². The second-order valence-electron chi connectivity index (χ2n) is 6.00. The van der Waals surface area contributed by atoms with Crippen molar-refractivity contribution in [2.45, 2.75) is 13.8 Å². The molecule has 0 saturated heterocycles. The number of pyridine rings is 1. The molecule has 26 heavy (non-hydrogen) atoms. The number of hydrogen-bond acceptors (Lipinski definition) is 3. The first-order valence-corrected chi connectivity index (χ1v) is 8.25. The van der Waals surface area contributed by atoms with E-state index in [0.717, 1.165) is 11.1 Å². The van der Waals surface area contributed by atoms with E-state index in [1.807, 2.05) is 56.3 Å². The van der Waals surface area contributed by atoms with Gasteiger partial charge in [0.25, 0.3) is 11.8 Å². The fourth-order valence-corrected chi connectivity index (χ4v) is 2.51. The van der Waals surface area contributed by atoms with Gasteiger partial charge in [-0.3, -0.25) is 9.59 Å². The minimum Gasteiger partial charge on any atom is -0.321 e. The number of anilines is 2. The average Bonchev–Trinajstić information content (AvgIpc) is 2.63. The van der Waals surface area contributed by atoms with E-state index in [2.05, 4.69) is 15.6 Å². The van der Waals surface area contributed by atoms with Gasteiger partial charge >= 0.3 is 0 Å². The summed E-state index contributed by atoms with van der Waals surface area (Å²) in [6.45, 7) is 3.86. The van der Waals surface area contributed by atoms with Crippen LogP contribution in [0.15, 0.2) is 66.7 Å². The monoisotopic (exact) mass is 345 g/mol. The Hall–Kier alpha value is -3.47. The van der Waals surface area contributed by atoms with Crippen molar-refractivity contribution in [1.82, 2.24) is 4.98 Å². The van der Waals surface area contributed by atoms with Crippen LogP contribution < -0.4 is 10.6 Å². The van der Waals surface area contributed by atoms with E-state index < -0.39 is 0 Å². The number of benzene rings is 2. The van der Waals surface area contributed by atoms with Crippen LogP contribution in [-0.2, 0) is 0 Å². The molecule has 0 radical (unpaired) electrons. The minimum absolute atomic E-state index is 0.184. The van der Waals surface area contributed by atoms with E-state index in [9.17, 15) is 9.59 Å². The van der Waals surface area contributed by atoms with Gasteiger partial charge in [-0.2, -0.15) is 0 Å². The third-order valence-corrected chi connectivity index (χ3v) is 3.88. The van der Waals surface area contributed by atoms with Crippen molar-refractivity contribution in [3.63, 3.8) is 0 Å². The Labute approximate surface area is 152 Å². The Balaban J connectivity index is 1.76. The number of nitrogens with zero attached hydrogens (tertiary/aromatic N) is 1. The molecule has 3 rings (SSSR count). The Morgan fingerprint density at radius 3 is 2.12 bits per heavy atom. The highest BCUT2D eigenvalue weighted by Gasteiger charge is 2.13. The number of amides is 2. The summed E-state index contributed by atoms with van der Waals surface area (Å²) in [5.74, 6) is -0.717. The Morgan fingerprint density at radius 2 is 1.42 bits per heavy atom. The van der Waals surface area contributed by atoms with Crippen LogP contribution in [0.2, 0.25) is 0 Å². The van der Waals surface area contributed by atoms with Crippen molar-refractivity contribution < 1.29 is 9.59 Å². The highest BCUT2D eigenvalue weighted by Crippen LogP contribution is 2.15. The molecular formula is C21H19N3O2. The molecule has 0 spiro atoms. The molecule has 0 bridgehead atoms. The van der Waals surface area contributed by atoms with E-state index in [1.165, 1.54) is 0 Å². The van der Waals surface area contributed by atoms with Gasteiger partial charge in [0.1, 0.15) is 11.4 Å². The van der Waals surface area contributed by atoms with Gasteiger partial charge in [0.15, 0.2) is 0 Å². The predicted octanol–water partition coefficient (Wildman–Crippen LogP) is 4.20. The Morgan fingerprint density at radius 1 is 0.769 bits per heavy atom. The average molecular weight is 345 g/mol. The van der Waals surface area contributed by atoms with Gasteiger partial charge in [-0.15, -0.1) is 0 Å². The van der Waals surface area contributed by atoms with Crippen LogP contribution in [0.1, 0.15) is 32.1 Å². The van der Waals surface area contributed by atoms with Crippen molar-refractivity contribution in [3.8, 4) is 0 Å². The molecule has 2 aromatic carbocycles. The molecule has 0 aliphatic rings. The molecule has 0 unspecified atom stereocenters. The molecule has 2 amide bonds. The molecule has 1 heterocycles. The van der Waals surface area contributed by atoms with Gasteiger partial charge in [0.2, 0.25) is 0 Å². The van der Waals surface area contributed by atoms with Gasteiger partial charge in [-0.25, -0.2) is 4.98 Å². The largest absolute Gasteiger partial charge is 0.321 e. The summed E-state index contributed by atoms with van der Waals surface area (Å²) in [7, 11) is 0. The maximum absolute atomic E-state index is 12.4. The molecule has 0 saturated carbocycles. The first-order valence-electron chi connectivity index (χ1n) is 8.25. The summed E-state index contributed by atoms with van der Waals surface area (Å²) < 4.78 is 0. The lowest BCUT2D eigenvalue weighted by molar-refractivity contribution is 0.101. The smallest absolute Gasteiger partial charge is 0.274 e. The molecule has 3 aromatic rings. The van der Waals surface area contributed by atoms with Crippen LogP contribution in [0.25, 0.3) is 0 Å². The quantitative estimate of drug-likeness (QED) is 0.744. The molecule has 130 valence electrons. The SMILES string of the molecule is Cc1cccc(NC(=O)c2cccc(C(=O)Nc3ccccc3C)n2)c1. The predicted molar refractivity (Wildman–Crippen MR) is 103 cm³/mol. The number of carbonyl (C=O) groups is 2. The molecule has 0 atom stereocenters. The van der Waals surface area contributed by atoms with E-state index in [4.69, 9.17) is 0 Å². The number of rotatable bonds is 4. The molecule has 5 heteroatoms. The normalized spacial score (nSPS) is 10.2.